The standard InChI is InChI=1S/C13H18N4O2S/c1-8-4-12(18)17-13(14-8)20-11(15-17)7-16-5-9(2)19-10(3)6-16/h4,9-10H,5-7H2,1-3H3/t9-,10-/m1/s1. The maximum atomic E-state index is 11.8. The van der Waals surface area contributed by atoms with Crippen molar-refractivity contribution in [2.75, 3.05) is 13.1 Å². The Hall–Kier alpha value is -1.31. The highest BCUT2D eigenvalue weighted by Gasteiger charge is 2.23. The zero-order valence-corrected chi connectivity index (χ0v) is 12.7. The molecule has 0 N–H and O–H groups in total. The van der Waals surface area contributed by atoms with E-state index in [1.807, 2.05) is 6.92 Å². The molecule has 0 aliphatic carbocycles. The first-order valence-electron chi connectivity index (χ1n) is 6.75. The Kier molecular flexibility index (Phi) is 3.57. The van der Waals surface area contributed by atoms with Gasteiger partial charge < -0.3 is 4.74 Å². The van der Waals surface area contributed by atoms with Gasteiger partial charge in [0.2, 0.25) is 4.96 Å². The molecule has 0 unspecified atom stereocenters. The molecule has 0 aromatic carbocycles. The van der Waals surface area contributed by atoms with Crippen LogP contribution in [0.4, 0.5) is 0 Å². The van der Waals surface area contributed by atoms with E-state index in [1.54, 1.807) is 0 Å². The SMILES string of the molecule is Cc1cc(=O)n2nc(CN3C[C@@H](C)O[C@H](C)C3)sc2n1. The first-order chi connectivity index (χ1) is 9.51. The Balaban J connectivity index is 1.84. The third-order valence-electron chi connectivity index (χ3n) is 3.27. The van der Waals surface area contributed by atoms with Crippen molar-refractivity contribution in [2.24, 2.45) is 0 Å². The smallest absolute Gasteiger partial charge is 0.275 e. The van der Waals surface area contributed by atoms with Gasteiger partial charge in [-0.15, -0.1) is 0 Å². The summed E-state index contributed by atoms with van der Waals surface area (Å²) in [4.78, 5) is 19.2. The van der Waals surface area contributed by atoms with E-state index in [1.165, 1.54) is 21.9 Å². The number of morpholine rings is 1. The summed E-state index contributed by atoms with van der Waals surface area (Å²) in [5.74, 6) is 0. The van der Waals surface area contributed by atoms with Crippen molar-refractivity contribution in [3.63, 3.8) is 0 Å². The fourth-order valence-corrected chi connectivity index (χ4v) is 3.62. The van der Waals surface area contributed by atoms with E-state index < -0.39 is 0 Å². The van der Waals surface area contributed by atoms with E-state index in [9.17, 15) is 4.79 Å². The first kappa shape index (κ1) is 13.7. The van der Waals surface area contributed by atoms with Crippen molar-refractivity contribution >= 4 is 16.3 Å². The maximum absolute atomic E-state index is 11.8. The zero-order chi connectivity index (χ0) is 14.3. The van der Waals surface area contributed by atoms with Crippen molar-refractivity contribution in [3.05, 3.63) is 27.1 Å². The summed E-state index contributed by atoms with van der Waals surface area (Å²) >= 11 is 1.48. The molecule has 3 heterocycles. The summed E-state index contributed by atoms with van der Waals surface area (Å²) in [7, 11) is 0. The molecule has 108 valence electrons. The van der Waals surface area contributed by atoms with Gasteiger partial charge in [0.25, 0.3) is 5.56 Å². The van der Waals surface area contributed by atoms with Crippen LogP contribution >= 0.6 is 11.3 Å². The molecule has 1 fully saturated rings. The highest BCUT2D eigenvalue weighted by Crippen LogP contribution is 2.17. The summed E-state index contributed by atoms with van der Waals surface area (Å²) in [5.41, 5.74) is 0.623. The minimum Gasteiger partial charge on any atom is -0.373 e. The molecule has 1 saturated heterocycles. The van der Waals surface area contributed by atoms with E-state index in [0.717, 1.165) is 30.3 Å². The van der Waals surface area contributed by atoms with Gasteiger partial charge in [0, 0.05) is 24.8 Å². The quantitative estimate of drug-likeness (QED) is 0.829. The second-order valence-corrected chi connectivity index (χ2v) is 6.42. The number of hydrogen-bond acceptors (Lipinski definition) is 6. The fourth-order valence-electron chi connectivity index (χ4n) is 2.63. The highest BCUT2D eigenvalue weighted by atomic mass is 32.1. The van der Waals surface area contributed by atoms with E-state index in [-0.39, 0.29) is 17.8 Å². The van der Waals surface area contributed by atoms with Crippen LogP contribution in [0.25, 0.3) is 4.96 Å². The molecule has 1 aliphatic rings. The van der Waals surface area contributed by atoms with E-state index >= 15 is 0 Å². The predicted octanol–water partition coefficient (Wildman–Crippen LogP) is 1.07. The largest absolute Gasteiger partial charge is 0.373 e. The lowest BCUT2D eigenvalue weighted by molar-refractivity contribution is -0.0705. The lowest BCUT2D eigenvalue weighted by Crippen LogP contribution is -2.44. The summed E-state index contributed by atoms with van der Waals surface area (Å²) in [6.07, 6.45) is 0.465. The third kappa shape index (κ3) is 2.74. The number of aryl methyl sites for hydroxylation is 1. The Bertz CT molecular complexity index is 671. The average Bonchev–Trinajstić information content (AvgIpc) is 2.70. The van der Waals surface area contributed by atoms with Crippen molar-refractivity contribution in [3.8, 4) is 0 Å². The molecule has 3 rings (SSSR count). The minimum absolute atomic E-state index is 0.112. The molecule has 2 aromatic rings. The molecule has 0 saturated carbocycles. The fraction of sp³-hybridized carbons (Fsp3) is 0.615. The number of hydrogen-bond donors (Lipinski definition) is 0. The summed E-state index contributed by atoms with van der Waals surface area (Å²) in [5, 5.41) is 5.29. The monoisotopic (exact) mass is 294 g/mol. The zero-order valence-electron chi connectivity index (χ0n) is 11.9. The van der Waals surface area contributed by atoms with Gasteiger partial charge in [0.05, 0.1) is 18.8 Å². The van der Waals surface area contributed by atoms with Crippen molar-refractivity contribution in [1.82, 2.24) is 19.5 Å². The Morgan fingerprint density at radius 1 is 1.40 bits per heavy atom. The average molecular weight is 294 g/mol. The molecule has 0 spiro atoms. The summed E-state index contributed by atoms with van der Waals surface area (Å²) in [6.45, 7) is 8.51. The summed E-state index contributed by atoms with van der Waals surface area (Å²) < 4.78 is 7.11. The van der Waals surface area contributed by atoms with Crippen LogP contribution < -0.4 is 5.56 Å². The molecular weight excluding hydrogens is 276 g/mol. The number of ether oxygens (including phenoxy) is 1. The highest BCUT2D eigenvalue weighted by molar-refractivity contribution is 7.16. The van der Waals surface area contributed by atoms with Crippen LogP contribution in [0.2, 0.25) is 0 Å². The first-order valence-corrected chi connectivity index (χ1v) is 7.57. The van der Waals surface area contributed by atoms with Gasteiger partial charge in [-0.05, 0) is 20.8 Å². The van der Waals surface area contributed by atoms with Crippen LogP contribution in [0.5, 0.6) is 0 Å². The topological polar surface area (TPSA) is 59.7 Å². The van der Waals surface area contributed by atoms with Crippen LogP contribution in [0.3, 0.4) is 0 Å². The van der Waals surface area contributed by atoms with E-state index in [4.69, 9.17) is 4.74 Å². The molecule has 6 nitrogen and oxygen atoms in total. The Labute approximate surface area is 121 Å². The van der Waals surface area contributed by atoms with Crippen molar-refractivity contribution in [1.29, 1.82) is 0 Å². The second kappa shape index (κ2) is 5.23. The predicted molar refractivity (Wildman–Crippen MR) is 77.2 cm³/mol. The molecule has 2 aromatic heterocycles. The Morgan fingerprint density at radius 3 is 2.80 bits per heavy atom. The lowest BCUT2D eigenvalue weighted by Gasteiger charge is -2.34. The maximum Gasteiger partial charge on any atom is 0.275 e. The van der Waals surface area contributed by atoms with Gasteiger partial charge in [0.15, 0.2) is 0 Å². The van der Waals surface area contributed by atoms with Crippen LogP contribution in [0, 0.1) is 6.92 Å². The van der Waals surface area contributed by atoms with Crippen molar-refractivity contribution in [2.45, 2.75) is 39.5 Å². The molecular formula is C13H18N4O2S. The molecule has 2 atom stereocenters. The minimum atomic E-state index is -0.112. The van der Waals surface area contributed by atoms with Gasteiger partial charge in [-0.1, -0.05) is 11.3 Å². The summed E-state index contributed by atoms with van der Waals surface area (Å²) in [6, 6.07) is 1.51. The number of fused-ring (bicyclic) bond motifs is 1. The Morgan fingerprint density at radius 2 is 2.10 bits per heavy atom. The van der Waals surface area contributed by atoms with E-state index in [2.05, 4.69) is 28.8 Å². The van der Waals surface area contributed by atoms with Gasteiger partial charge in [-0.25, -0.2) is 4.98 Å². The van der Waals surface area contributed by atoms with Crippen LogP contribution in [-0.4, -0.2) is 44.8 Å². The van der Waals surface area contributed by atoms with Gasteiger partial charge in [-0.2, -0.15) is 9.61 Å². The molecule has 7 heteroatoms. The van der Waals surface area contributed by atoms with Gasteiger partial charge in [0.1, 0.15) is 5.01 Å². The molecule has 0 radical (unpaired) electrons. The molecule has 0 amide bonds. The second-order valence-electron chi connectivity index (χ2n) is 5.38. The molecule has 1 aliphatic heterocycles. The number of rotatable bonds is 2. The molecule has 0 bridgehead atoms. The van der Waals surface area contributed by atoms with Gasteiger partial charge >= 0.3 is 0 Å². The lowest BCUT2D eigenvalue weighted by atomic mass is 10.2. The van der Waals surface area contributed by atoms with Crippen LogP contribution in [0.1, 0.15) is 24.5 Å². The molecule has 20 heavy (non-hydrogen) atoms. The van der Waals surface area contributed by atoms with Crippen LogP contribution in [-0.2, 0) is 11.3 Å². The third-order valence-corrected chi connectivity index (χ3v) is 4.16. The van der Waals surface area contributed by atoms with Gasteiger partial charge in [-0.3, -0.25) is 9.69 Å². The number of aromatic nitrogens is 3. The number of nitrogens with zero attached hydrogens (tertiary/aromatic N) is 4. The van der Waals surface area contributed by atoms with E-state index in [0.29, 0.717) is 4.96 Å². The normalized spacial score (nSPS) is 24.4. The van der Waals surface area contributed by atoms with Crippen molar-refractivity contribution < 1.29 is 4.74 Å². The van der Waals surface area contributed by atoms with Crippen LogP contribution in [0.15, 0.2) is 10.9 Å².